The molecule has 0 aliphatic carbocycles. The van der Waals surface area contributed by atoms with Crippen LogP contribution in [0.4, 0.5) is 14.9 Å². The largest absolute Gasteiger partial charge is 0.443 e. The minimum atomic E-state index is -0.724. The molecule has 1 amide bonds. The van der Waals surface area contributed by atoms with Crippen molar-refractivity contribution in [2.75, 3.05) is 0 Å². The molecule has 8 heteroatoms. The Balaban J connectivity index is 2.51. The number of hydrogen-bond donors (Lipinski definition) is 2. The predicted molar refractivity (Wildman–Crippen MR) is 69.3 cm³/mol. The van der Waals surface area contributed by atoms with Crippen LogP contribution in [0.2, 0.25) is 0 Å². The Morgan fingerprint density at radius 1 is 1.45 bits per heavy atom. The van der Waals surface area contributed by atoms with Crippen molar-refractivity contribution in [3.63, 3.8) is 0 Å². The molecule has 0 bridgehead atoms. The maximum absolute atomic E-state index is 13.5. The monoisotopic (exact) mass is 285 g/mol. The lowest BCUT2D eigenvalue weighted by molar-refractivity contribution is -0.385. The molecule has 0 unspecified atom stereocenters. The first-order valence-corrected chi connectivity index (χ1v) is 5.84. The highest BCUT2D eigenvalue weighted by Gasteiger charge is 2.16. The van der Waals surface area contributed by atoms with Gasteiger partial charge in [0.15, 0.2) is 0 Å². The molecule has 7 nitrogen and oxygen atoms in total. The SMILES string of the molecule is CC(C)(C)OC(=O)NNCc1ccc([N+](=O)[O-])cc1F. The van der Waals surface area contributed by atoms with Crippen LogP contribution in [0.5, 0.6) is 0 Å². The van der Waals surface area contributed by atoms with Crippen LogP contribution in [-0.4, -0.2) is 16.6 Å². The number of nitrogens with zero attached hydrogens (tertiary/aromatic N) is 1. The molecule has 0 aliphatic heterocycles. The third-order valence-electron chi connectivity index (χ3n) is 2.12. The first-order chi connectivity index (χ1) is 9.19. The Morgan fingerprint density at radius 2 is 2.10 bits per heavy atom. The molecule has 20 heavy (non-hydrogen) atoms. The smallest absolute Gasteiger partial charge is 0.422 e. The van der Waals surface area contributed by atoms with Gasteiger partial charge >= 0.3 is 6.09 Å². The molecule has 0 atom stereocenters. The van der Waals surface area contributed by atoms with Gasteiger partial charge < -0.3 is 4.74 Å². The number of benzene rings is 1. The van der Waals surface area contributed by atoms with Gasteiger partial charge in [-0.2, -0.15) is 0 Å². The van der Waals surface area contributed by atoms with Gasteiger partial charge in [0.1, 0.15) is 11.4 Å². The summed E-state index contributed by atoms with van der Waals surface area (Å²) in [7, 11) is 0. The molecule has 0 aliphatic rings. The van der Waals surface area contributed by atoms with Gasteiger partial charge in [0.2, 0.25) is 0 Å². The normalized spacial score (nSPS) is 11.0. The van der Waals surface area contributed by atoms with Crippen LogP contribution in [0.1, 0.15) is 26.3 Å². The zero-order valence-electron chi connectivity index (χ0n) is 11.4. The summed E-state index contributed by atoms with van der Waals surface area (Å²) in [6.45, 7) is 5.11. The molecular formula is C12H16FN3O4. The average molecular weight is 285 g/mol. The summed E-state index contributed by atoms with van der Waals surface area (Å²) in [6, 6.07) is 3.29. The third kappa shape index (κ3) is 5.19. The number of carbonyl (C=O) groups is 1. The summed E-state index contributed by atoms with van der Waals surface area (Å²) in [5.41, 5.74) is 3.94. The van der Waals surface area contributed by atoms with Crippen LogP contribution in [0.25, 0.3) is 0 Å². The first kappa shape index (κ1) is 15.8. The molecule has 0 aromatic heterocycles. The van der Waals surface area contributed by atoms with Crippen LogP contribution in [0.15, 0.2) is 18.2 Å². The molecular weight excluding hydrogens is 269 g/mol. The van der Waals surface area contributed by atoms with Crippen molar-refractivity contribution in [3.8, 4) is 0 Å². The Bertz CT molecular complexity index is 514. The van der Waals surface area contributed by atoms with E-state index in [0.29, 0.717) is 0 Å². The fourth-order valence-electron chi connectivity index (χ4n) is 1.31. The maximum atomic E-state index is 13.5. The van der Waals surface area contributed by atoms with Crippen LogP contribution in [-0.2, 0) is 11.3 Å². The van der Waals surface area contributed by atoms with E-state index in [1.54, 1.807) is 20.8 Å². The Hall–Kier alpha value is -2.22. The Labute approximate surface area is 115 Å². The molecule has 1 aromatic rings. The Morgan fingerprint density at radius 3 is 2.60 bits per heavy atom. The number of nitro benzene ring substituents is 1. The number of hydrogen-bond acceptors (Lipinski definition) is 5. The lowest BCUT2D eigenvalue weighted by Gasteiger charge is -2.19. The van der Waals surface area contributed by atoms with E-state index in [9.17, 15) is 19.3 Å². The number of halogens is 1. The van der Waals surface area contributed by atoms with Gasteiger partial charge in [0.25, 0.3) is 5.69 Å². The summed E-state index contributed by atoms with van der Waals surface area (Å²) in [5, 5.41) is 10.5. The summed E-state index contributed by atoms with van der Waals surface area (Å²) in [5.74, 6) is -0.724. The summed E-state index contributed by atoms with van der Waals surface area (Å²) in [4.78, 5) is 21.1. The second-order valence-electron chi connectivity index (χ2n) is 5.01. The molecule has 2 N–H and O–H groups in total. The quantitative estimate of drug-likeness (QED) is 0.653. The summed E-state index contributed by atoms with van der Waals surface area (Å²) >= 11 is 0. The summed E-state index contributed by atoms with van der Waals surface area (Å²) in [6.07, 6.45) is -0.695. The fourth-order valence-corrected chi connectivity index (χ4v) is 1.31. The van der Waals surface area contributed by atoms with Crippen LogP contribution >= 0.6 is 0 Å². The van der Waals surface area contributed by atoms with E-state index in [1.165, 1.54) is 12.1 Å². The number of carbonyl (C=O) groups excluding carboxylic acids is 1. The predicted octanol–water partition coefficient (Wildman–Crippen LogP) is 2.26. The van der Waals surface area contributed by atoms with Gasteiger partial charge in [-0.05, 0) is 26.8 Å². The highest BCUT2D eigenvalue weighted by Crippen LogP contribution is 2.16. The van der Waals surface area contributed by atoms with Crippen molar-refractivity contribution in [1.29, 1.82) is 0 Å². The molecule has 1 aromatic carbocycles. The number of ether oxygens (including phenoxy) is 1. The summed E-state index contributed by atoms with van der Waals surface area (Å²) < 4.78 is 18.5. The van der Waals surface area contributed by atoms with Crippen molar-refractivity contribution in [3.05, 3.63) is 39.7 Å². The van der Waals surface area contributed by atoms with Crippen molar-refractivity contribution in [2.45, 2.75) is 32.9 Å². The van der Waals surface area contributed by atoms with E-state index < -0.39 is 22.4 Å². The highest BCUT2D eigenvalue weighted by molar-refractivity contribution is 5.66. The fraction of sp³-hybridized carbons (Fsp3) is 0.417. The molecule has 0 saturated heterocycles. The van der Waals surface area contributed by atoms with Crippen LogP contribution in [0, 0.1) is 15.9 Å². The number of non-ortho nitro benzene ring substituents is 1. The molecule has 0 saturated carbocycles. The molecule has 1 rings (SSSR count). The van der Waals surface area contributed by atoms with Gasteiger partial charge in [-0.15, -0.1) is 0 Å². The molecule has 0 heterocycles. The molecule has 0 spiro atoms. The standard InChI is InChI=1S/C12H16FN3O4/c1-12(2,3)20-11(17)15-14-7-8-4-5-9(16(18)19)6-10(8)13/h4-6,14H,7H2,1-3H3,(H,15,17). The van der Waals surface area contributed by atoms with E-state index in [4.69, 9.17) is 4.74 Å². The average Bonchev–Trinajstić information content (AvgIpc) is 2.28. The van der Waals surface area contributed by atoms with E-state index in [0.717, 1.165) is 6.07 Å². The van der Waals surface area contributed by atoms with Crippen LogP contribution in [0.3, 0.4) is 0 Å². The van der Waals surface area contributed by atoms with Crippen molar-refractivity contribution >= 4 is 11.8 Å². The number of amides is 1. The number of nitrogens with one attached hydrogen (secondary N) is 2. The first-order valence-electron chi connectivity index (χ1n) is 5.84. The van der Waals surface area contributed by atoms with E-state index in [-0.39, 0.29) is 17.8 Å². The minimum absolute atomic E-state index is 0.0247. The third-order valence-corrected chi connectivity index (χ3v) is 2.12. The zero-order chi connectivity index (χ0) is 15.3. The van der Waals surface area contributed by atoms with E-state index >= 15 is 0 Å². The topological polar surface area (TPSA) is 93.5 Å². The van der Waals surface area contributed by atoms with E-state index in [2.05, 4.69) is 10.9 Å². The lowest BCUT2D eigenvalue weighted by Crippen LogP contribution is -2.40. The minimum Gasteiger partial charge on any atom is -0.443 e. The van der Waals surface area contributed by atoms with Gasteiger partial charge in [-0.25, -0.2) is 14.6 Å². The second-order valence-corrected chi connectivity index (χ2v) is 5.01. The highest BCUT2D eigenvalue weighted by atomic mass is 19.1. The van der Waals surface area contributed by atoms with Gasteiger partial charge in [0, 0.05) is 18.2 Å². The molecule has 0 fully saturated rings. The Kier molecular flexibility index (Phi) is 4.98. The number of nitro groups is 1. The number of rotatable bonds is 4. The molecule has 0 radical (unpaired) electrons. The maximum Gasteiger partial charge on any atom is 0.422 e. The van der Waals surface area contributed by atoms with Gasteiger partial charge in [0.05, 0.1) is 11.0 Å². The van der Waals surface area contributed by atoms with E-state index in [1.807, 2.05) is 0 Å². The lowest BCUT2D eigenvalue weighted by atomic mass is 10.2. The molecule has 110 valence electrons. The van der Waals surface area contributed by atoms with Crippen LogP contribution < -0.4 is 10.9 Å². The zero-order valence-corrected chi connectivity index (χ0v) is 11.4. The second kappa shape index (κ2) is 6.29. The van der Waals surface area contributed by atoms with Gasteiger partial charge in [-0.1, -0.05) is 0 Å². The van der Waals surface area contributed by atoms with Crippen molar-refractivity contribution in [2.24, 2.45) is 0 Å². The van der Waals surface area contributed by atoms with Crippen molar-refractivity contribution in [1.82, 2.24) is 10.9 Å². The van der Waals surface area contributed by atoms with Gasteiger partial charge in [-0.3, -0.25) is 15.5 Å². The number of hydrazine groups is 1. The van der Waals surface area contributed by atoms with Crippen molar-refractivity contribution < 1.29 is 18.8 Å².